The van der Waals surface area contributed by atoms with E-state index < -0.39 is 0 Å². The highest BCUT2D eigenvalue weighted by Crippen LogP contribution is 2.09. The Labute approximate surface area is 111 Å². The van der Waals surface area contributed by atoms with E-state index in [-0.39, 0.29) is 17.5 Å². The second-order valence-corrected chi connectivity index (χ2v) is 6.32. The number of rotatable bonds is 6. The van der Waals surface area contributed by atoms with E-state index in [4.69, 9.17) is 5.73 Å². The van der Waals surface area contributed by atoms with Gasteiger partial charge in [0, 0.05) is 24.5 Å². The van der Waals surface area contributed by atoms with Crippen LogP contribution in [-0.4, -0.2) is 42.0 Å². The third-order valence-electron chi connectivity index (χ3n) is 3.38. The van der Waals surface area contributed by atoms with Crippen LogP contribution < -0.4 is 11.1 Å². The van der Waals surface area contributed by atoms with Crippen LogP contribution in [0.4, 0.5) is 0 Å². The lowest BCUT2D eigenvalue weighted by atomic mass is 10.00. The average molecular weight is 255 g/mol. The Morgan fingerprint density at radius 1 is 1.33 bits per heavy atom. The molecule has 1 aliphatic rings. The van der Waals surface area contributed by atoms with Crippen LogP contribution >= 0.6 is 0 Å². The van der Waals surface area contributed by atoms with E-state index >= 15 is 0 Å². The molecule has 1 unspecified atom stereocenters. The molecular formula is C14H29N3O. The van der Waals surface area contributed by atoms with Gasteiger partial charge in [-0.25, -0.2) is 0 Å². The van der Waals surface area contributed by atoms with Gasteiger partial charge in [-0.1, -0.05) is 6.42 Å². The molecule has 0 spiro atoms. The Bertz CT molecular complexity index is 254. The zero-order chi connectivity index (χ0) is 13.6. The van der Waals surface area contributed by atoms with E-state index in [0.717, 1.165) is 13.0 Å². The number of nitrogens with zero attached hydrogens (tertiary/aromatic N) is 1. The number of hydrogen-bond donors (Lipinski definition) is 2. The van der Waals surface area contributed by atoms with Crippen LogP contribution in [0.1, 0.15) is 52.9 Å². The zero-order valence-electron chi connectivity index (χ0n) is 12.2. The van der Waals surface area contributed by atoms with Gasteiger partial charge in [0.1, 0.15) is 0 Å². The van der Waals surface area contributed by atoms with Crippen molar-refractivity contribution in [3.05, 3.63) is 0 Å². The van der Waals surface area contributed by atoms with Gasteiger partial charge >= 0.3 is 0 Å². The summed E-state index contributed by atoms with van der Waals surface area (Å²) in [5.74, 6) is 0.123. The third kappa shape index (κ3) is 6.97. The van der Waals surface area contributed by atoms with Gasteiger partial charge in [0.2, 0.25) is 5.91 Å². The number of carbonyl (C=O) groups is 1. The van der Waals surface area contributed by atoms with Crippen molar-refractivity contribution in [3.8, 4) is 0 Å². The van der Waals surface area contributed by atoms with Gasteiger partial charge in [0.05, 0.1) is 0 Å². The summed E-state index contributed by atoms with van der Waals surface area (Å²) in [6.45, 7) is 9.32. The molecule has 0 aliphatic carbocycles. The van der Waals surface area contributed by atoms with E-state index in [9.17, 15) is 4.79 Å². The summed E-state index contributed by atoms with van der Waals surface area (Å²) >= 11 is 0. The molecule has 1 rings (SSSR count). The molecule has 0 saturated carbocycles. The second kappa shape index (κ2) is 7.10. The number of amides is 1. The lowest BCUT2D eigenvalue weighted by Crippen LogP contribution is -2.44. The average Bonchev–Trinajstić information content (AvgIpc) is 2.26. The van der Waals surface area contributed by atoms with Gasteiger partial charge in [-0.2, -0.15) is 0 Å². The van der Waals surface area contributed by atoms with Gasteiger partial charge in [-0.05, 0) is 53.1 Å². The largest absolute Gasteiger partial charge is 0.352 e. The summed E-state index contributed by atoms with van der Waals surface area (Å²) in [6, 6.07) is 0.233. The molecule has 4 nitrogen and oxygen atoms in total. The number of piperidine rings is 1. The van der Waals surface area contributed by atoms with Crippen LogP contribution in [0, 0.1) is 0 Å². The van der Waals surface area contributed by atoms with Gasteiger partial charge in [0.25, 0.3) is 0 Å². The van der Waals surface area contributed by atoms with Crippen molar-refractivity contribution in [3.63, 3.8) is 0 Å². The van der Waals surface area contributed by atoms with Crippen molar-refractivity contribution in [1.29, 1.82) is 0 Å². The van der Waals surface area contributed by atoms with E-state index in [0.29, 0.717) is 6.42 Å². The molecule has 1 amide bonds. The van der Waals surface area contributed by atoms with E-state index in [1.165, 1.54) is 32.4 Å². The number of nitrogens with one attached hydrogen (secondary N) is 1. The fourth-order valence-corrected chi connectivity index (χ4v) is 2.36. The maximum Gasteiger partial charge on any atom is 0.220 e. The van der Waals surface area contributed by atoms with Crippen LogP contribution in [0.5, 0.6) is 0 Å². The summed E-state index contributed by atoms with van der Waals surface area (Å²) in [5.41, 5.74) is 5.62. The first-order valence-electron chi connectivity index (χ1n) is 7.17. The minimum Gasteiger partial charge on any atom is -0.352 e. The first-order chi connectivity index (χ1) is 8.37. The first kappa shape index (κ1) is 15.4. The molecule has 0 aromatic rings. The SMILES string of the molecule is CC(CN1CCCCC1)NC(=O)CCC(C)(C)N. The normalized spacial score (nSPS) is 19.6. The summed E-state index contributed by atoms with van der Waals surface area (Å²) < 4.78 is 0. The van der Waals surface area contributed by atoms with E-state index in [2.05, 4.69) is 17.1 Å². The molecule has 0 bridgehead atoms. The Kier molecular flexibility index (Phi) is 6.09. The highest BCUT2D eigenvalue weighted by atomic mass is 16.1. The van der Waals surface area contributed by atoms with Gasteiger partial charge in [-0.3, -0.25) is 4.79 Å². The van der Waals surface area contributed by atoms with Gasteiger partial charge in [0.15, 0.2) is 0 Å². The molecule has 1 heterocycles. The minimum absolute atomic E-state index is 0.123. The zero-order valence-corrected chi connectivity index (χ0v) is 12.2. The van der Waals surface area contributed by atoms with Crippen LogP contribution in [0.3, 0.4) is 0 Å². The molecular weight excluding hydrogens is 226 g/mol. The highest BCUT2D eigenvalue weighted by Gasteiger charge is 2.17. The Hall–Kier alpha value is -0.610. The Morgan fingerprint density at radius 2 is 1.94 bits per heavy atom. The summed E-state index contributed by atoms with van der Waals surface area (Å²) in [7, 11) is 0. The maximum atomic E-state index is 11.8. The maximum absolute atomic E-state index is 11.8. The molecule has 106 valence electrons. The summed E-state index contributed by atoms with van der Waals surface area (Å²) in [5, 5.41) is 3.06. The van der Waals surface area contributed by atoms with Crippen molar-refractivity contribution < 1.29 is 4.79 Å². The molecule has 1 atom stereocenters. The van der Waals surface area contributed by atoms with Gasteiger partial charge < -0.3 is 16.0 Å². The molecule has 0 aromatic heterocycles. The van der Waals surface area contributed by atoms with Crippen molar-refractivity contribution in [2.24, 2.45) is 5.73 Å². The van der Waals surface area contributed by atoms with Crippen molar-refractivity contribution >= 4 is 5.91 Å². The highest BCUT2D eigenvalue weighted by molar-refractivity contribution is 5.76. The lowest BCUT2D eigenvalue weighted by Gasteiger charge is -2.29. The fourth-order valence-electron chi connectivity index (χ4n) is 2.36. The molecule has 0 aromatic carbocycles. The van der Waals surface area contributed by atoms with Crippen LogP contribution in [0.25, 0.3) is 0 Å². The van der Waals surface area contributed by atoms with Crippen molar-refractivity contribution in [2.45, 2.75) is 64.5 Å². The van der Waals surface area contributed by atoms with Crippen LogP contribution in [0.15, 0.2) is 0 Å². The molecule has 0 radical (unpaired) electrons. The summed E-state index contributed by atoms with van der Waals surface area (Å²) in [4.78, 5) is 14.2. The van der Waals surface area contributed by atoms with Crippen LogP contribution in [0.2, 0.25) is 0 Å². The number of likely N-dealkylation sites (tertiary alicyclic amines) is 1. The molecule has 4 heteroatoms. The smallest absolute Gasteiger partial charge is 0.220 e. The Morgan fingerprint density at radius 3 is 2.50 bits per heavy atom. The standard InChI is InChI=1S/C14H29N3O/c1-12(11-17-9-5-4-6-10-17)16-13(18)7-8-14(2,3)15/h12H,4-11,15H2,1-3H3,(H,16,18). The molecule has 1 saturated heterocycles. The third-order valence-corrected chi connectivity index (χ3v) is 3.38. The predicted molar refractivity (Wildman–Crippen MR) is 75.4 cm³/mol. The Balaban J connectivity index is 2.18. The fraction of sp³-hybridized carbons (Fsp3) is 0.929. The predicted octanol–water partition coefficient (Wildman–Crippen LogP) is 1.49. The molecule has 3 N–H and O–H groups in total. The number of carbonyl (C=O) groups excluding carboxylic acids is 1. The van der Waals surface area contributed by atoms with Crippen molar-refractivity contribution in [2.75, 3.05) is 19.6 Å². The number of nitrogens with two attached hydrogens (primary N) is 1. The number of hydrogen-bond acceptors (Lipinski definition) is 3. The molecule has 1 aliphatic heterocycles. The van der Waals surface area contributed by atoms with Crippen molar-refractivity contribution in [1.82, 2.24) is 10.2 Å². The first-order valence-corrected chi connectivity index (χ1v) is 7.17. The van der Waals surface area contributed by atoms with E-state index in [1.807, 2.05) is 13.8 Å². The molecule has 1 fully saturated rings. The van der Waals surface area contributed by atoms with Gasteiger partial charge in [-0.15, -0.1) is 0 Å². The monoisotopic (exact) mass is 255 g/mol. The second-order valence-electron chi connectivity index (χ2n) is 6.32. The topological polar surface area (TPSA) is 58.4 Å². The minimum atomic E-state index is -0.257. The van der Waals surface area contributed by atoms with Crippen LogP contribution in [-0.2, 0) is 4.79 Å². The summed E-state index contributed by atoms with van der Waals surface area (Å²) in [6.07, 6.45) is 5.19. The van der Waals surface area contributed by atoms with E-state index in [1.54, 1.807) is 0 Å². The quantitative estimate of drug-likeness (QED) is 0.756. The molecule has 18 heavy (non-hydrogen) atoms. The lowest BCUT2D eigenvalue weighted by molar-refractivity contribution is -0.122.